The minimum Gasteiger partial charge on any atom is -0.369 e. The molecule has 2 heterocycles. The predicted molar refractivity (Wildman–Crippen MR) is 107 cm³/mol. The molecule has 1 aromatic rings. The number of benzene rings is 1. The molecule has 7 heteroatoms. The zero-order chi connectivity index (χ0) is 19.1. The van der Waals surface area contributed by atoms with Gasteiger partial charge in [-0.15, -0.1) is 0 Å². The summed E-state index contributed by atoms with van der Waals surface area (Å²) in [6.45, 7) is 8.26. The fourth-order valence-electron chi connectivity index (χ4n) is 3.95. The Morgan fingerprint density at radius 3 is 2.56 bits per heavy atom. The Hall–Kier alpha value is -1.86. The van der Waals surface area contributed by atoms with Gasteiger partial charge in [-0.2, -0.15) is 0 Å². The standard InChI is InChI=1S/C20H32FN5O/c1-24-9-2-3-17(16-24)15-23-20(27)22-8-10-25-11-13-26(14-12-25)19-6-4-18(21)5-7-19/h4-7,17H,2-3,8-16H2,1H3,(H2,22,23,27). The quantitative estimate of drug-likeness (QED) is 0.791. The number of piperidine rings is 1. The molecule has 0 aromatic heterocycles. The Labute approximate surface area is 161 Å². The highest BCUT2D eigenvalue weighted by Gasteiger charge is 2.19. The zero-order valence-electron chi connectivity index (χ0n) is 16.3. The maximum absolute atomic E-state index is 13.0. The molecule has 0 bridgehead atoms. The monoisotopic (exact) mass is 377 g/mol. The fourth-order valence-corrected chi connectivity index (χ4v) is 3.95. The lowest BCUT2D eigenvalue weighted by atomic mass is 9.99. The summed E-state index contributed by atoms with van der Waals surface area (Å²) in [5.74, 6) is 0.367. The molecule has 1 atom stereocenters. The molecule has 0 aliphatic carbocycles. The van der Waals surface area contributed by atoms with Crippen LogP contribution in [0.1, 0.15) is 12.8 Å². The molecule has 2 aliphatic rings. The molecule has 27 heavy (non-hydrogen) atoms. The molecule has 0 spiro atoms. The second kappa shape index (κ2) is 9.90. The Bertz CT molecular complexity index is 589. The van der Waals surface area contributed by atoms with Crippen molar-refractivity contribution >= 4 is 11.7 Å². The van der Waals surface area contributed by atoms with Gasteiger partial charge < -0.3 is 20.4 Å². The first-order chi connectivity index (χ1) is 13.1. The minimum absolute atomic E-state index is 0.0619. The SMILES string of the molecule is CN1CCCC(CNC(=O)NCCN2CCN(c3ccc(F)cc3)CC2)C1. The van der Waals surface area contributed by atoms with E-state index in [0.717, 1.165) is 58.0 Å². The molecule has 2 saturated heterocycles. The largest absolute Gasteiger partial charge is 0.369 e. The molecule has 0 saturated carbocycles. The molecular weight excluding hydrogens is 345 g/mol. The topological polar surface area (TPSA) is 50.9 Å². The lowest BCUT2D eigenvalue weighted by Gasteiger charge is -2.36. The molecule has 150 valence electrons. The highest BCUT2D eigenvalue weighted by Crippen LogP contribution is 2.16. The molecule has 6 nitrogen and oxygen atoms in total. The third-order valence-corrected chi connectivity index (χ3v) is 5.55. The maximum Gasteiger partial charge on any atom is 0.314 e. The number of hydrogen-bond acceptors (Lipinski definition) is 4. The molecule has 2 fully saturated rings. The first kappa shape index (κ1) is 19.9. The van der Waals surface area contributed by atoms with Gasteiger partial charge in [-0.3, -0.25) is 4.90 Å². The number of nitrogens with one attached hydrogen (secondary N) is 2. The van der Waals surface area contributed by atoms with Crippen LogP contribution in [0.15, 0.2) is 24.3 Å². The van der Waals surface area contributed by atoms with Crippen molar-refractivity contribution in [3.8, 4) is 0 Å². The van der Waals surface area contributed by atoms with Gasteiger partial charge in [0.25, 0.3) is 0 Å². The smallest absolute Gasteiger partial charge is 0.314 e. The molecule has 0 radical (unpaired) electrons. The zero-order valence-corrected chi connectivity index (χ0v) is 16.3. The number of halogens is 1. The highest BCUT2D eigenvalue weighted by molar-refractivity contribution is 5.73. The van der Waals surface area contributed by atoms with E-state index in [1.54, 1.807) is 0 Å². The summed E-state index contributed by atoms with van der Waals surface area (Å²) in [7, 11) is 2.14. The fraction of sp³-hybridized carbons (Fsp3) is 0.650. The van der Waals surface area contributed by atoms with Crippen molar-refractivity contribution in [1.29, 1.82) is 0 Å². The summed E-state index contributed by atoms with van der Waals surface area (Å²) in [6.07, 6.45) is 2.41. The van der Waals surface area contributed by atoms with Crippen LogP contribution < -0.4 is 15.5 Å². The Kier molecular flexibility index (Phi) is 7.29. The van der Waals surface area contributed by atoms with Gasteiger partial charge in [0.2, 0.25) is 0 Å². The van der Waals surface area contributed by atoms with Crippen LogP contribution in [0.4, 0.5) is 14.9 Å². The van der Waals surface area contributed by atoms with Crippen LogP contribution in [0.5, 0.6) is 0 Å². The van der Waals surface area contributed by atoms with Crippen LogP contribution in [-0.2, 0) is 0 Å². The Morgan fingerprint density at radius 2 is 1.85 bits per heavy atom. The van der Waals surface area contributed by atoms with Crippen molar-refractivity contribution in [2.45, 2.75) is 12.8 Å². The second-order valence-corrected chi connectivity index (χ2v) is 7.71. The number of rotatable bonds is 6. The molecule has 2 N–H and O–H groups in total. The van der Waals surface area contributed by atoms with Gasteiger partial charge in [-0.1, -0.05) is 0 Å². The average molecular weight is 378 g/mol. The van der Waals surface area contributed by atoms with Crippen LogP contribution in [0.2, 0.25) is 0 Å². The van der Waals surface area contributed by atoms with Gasteiger partial charge in [0.15, 0.2) is 0 Å². The first-order valence-corrected chi connectivity index (χ1v) is 10.0. The van der Waals surface area contributed by atoms with Crippen molar-refractivity contribution in [3.63, 3.8) is 0 Å². The summed E-state index contributed by atoms with van der Waals surface area (Å²) in [5.41, 5.74) is 1.07. The van der Waals surface area contributed by atoms with Crippen molar-refractivity contribution in [1.82, 2.24) is 20.4 Å². The third-order valence-electron chi connectivity index (χ3n) is 5.55. The lowest BCUT2D eigenvalue weighted by Crippen LogP contribution is -2.49. The van der Waals surface area contributed by atoms with Crippen molar-refractivity contribution in [2.24, 2.45) is 5.92 Å². The summed E-state index contributed by atoms with van der Waals surface area (Å²) < 4.78 is 13.0. The molecule has 3 rings (SSSR count). The third kappa shape index (κ3) is 6.36. The second-order valence-electron chi connectivity index (χ2n) is 7.71. The van der Waals surface area contributed by atoms with Crippen LogP contribution in [0.3, 0.4) is 0 Å². The number of carbonyl (C=O) groups excluding carboxylic acids is 1. The maximum atomic E-state index is 13.0. The normalized spacial score (nSPS) is 21.9. The predicted octanol–water partition coefficient (Wildman–Crippen LogP) is 1.59. The number of nitrogens with zero attached hydrogens (tertiary/aromatic N) is 3. The van der Waals surface area contributed by atoms with Gasteiger partial charge in [-0.05, 0) is 56.6 Å². The summed E-state index contributed by atoms with van der Waals surface area (Å²) in [5, 5.41) is 5.98. The van der Waals surface area contributed by atoms with E-state index in [4.69, 9.17) is 0 Å². The number of amides is 2. The number of anilines is 1. The summed E-state index contributed by atoms with van der Waals surface area (Å²) >= 11 is 0. The Morgan fingerprint density at radius 1 is 1.11 bits per heavy atom. The van der Waals surface area contributed by atoms with Gasteiger partial charge in [-0.25, -0.2) is 9.18 Å². The van der Waals surface area contributed by atoms with E-state index in [9.17, 15) is 9.18 Å². The molecule has 1 aromatic carbocycles. The van der Waals surface area contributed by atoms with E-state index in [1.807, 2.05) is 12.1 Å². The van der Waals surface area contributed by atoms with E-state index in [1.165, 1.54) is 25.0 Å². The molecule has 2 aliphatic heterocycles. The number of likely N-dealkylation sites (tertiary alicyclic amines) is 1. The Balaban J connectivity index is 1.27. The van der Waals surface area contributed by atoms with Crippen LogP contribution in [0.25, 0.3) is 0 Å². The van der Waals surface area contributed by atoms with Gasteiger partial charge in [0.05, 0.1) is 0 Å². The summed E-state index contributed by atoms with van der Waals surface area (Å²) in [6, 6.07) is 6.63. The van der Waals surface area contributed by atoms with E-state index in [0.29, 0.717) is 12.5 Å². The van der Waals surface area contributed by atoms with Crippen molar-refractivity contribution in [3.05, 3.63) is 30.1 Å². The molecular formula is C20H32FN5O. The molecule has 2 amide bonds. The van der Waals surface area contributed by atoms with E-state index < -0.39 is 0 Å². The number of urea groups is 1. The highest BCUT2D eigenvalue weighted by atomic mass is 19.1. The number of piperazine rings is 1. The van der Waals surface area contributed by atoms with E-state index in [2.05, 4.69) is 32.4 Å². The van der Waals surface area contributed by atoms with Gasteiger partial charge >= 0.3 is 6.03 Å². The first-order valence-electron chi connectivity index (χ1n) is 10.0. The van der Waals surface area contributed by atoms with Crippen LogP contribution in [0, 0.1) is 11.7 Å². The van der Waals surface area contributed by atoms with Gasteiger partial charge in [0, 0.05) is 58.0 Å². The number of carbonyl (C=O) groups is 1. The van der Waals surface area contributed by atoms with Crippen molar-refractivity contribution in [2.75, 3.05) is 70.9 Å². The van der Waals surface area contributed by atoms with Crippen LogP contribution >= 0.6 is 0 Å². The van der Waals surface area contributed by atoms with Gasteiger partial charge in [0.1, 0.15) is 5.82 Å². The average Bonchev–Trinajstić information content (AvgIpc) is 2.68. The van der Waals surface area contributed by atoms with Crippen LogP contribution in [-0.4, -0.2) is 81.8 Å². The van der Waals surface area contributed by atoms with E-state index >= 15 is 0 Å². The minimum atomic E-state index is -0.197. The number of hydrogen-bond donors (Lipinski definition) is 2. The van der Waals surface area contributed by atoms with E-state index in [-0.39, 0.29) is 11.8 Å². The van der Waals surface area contributed by atoms with Crippen molar-refractivity contribution < 1.29 is 9.18 Å². The molecule has 1 unspecified atom stereocenters. The summed E-state index contributed by atoms with van der Waals surface area (Å²) in [4.78, 5) is 18.9. The lowest BCUT2D eigenvalue weighted by molar-refractivity contribution is 0.201.